The van der Waals surface area contributed by atoms with E-state index in [-0.39, 0.29) is 11.5 Å². The lowest BCUT2D eigenvalue weighted by atomic mass is 9.99. The van der Waals surface area contributed by atoms with Crippen molar-refractivity contribution in [2.24, 2.45) is 0 Å². The number of methoxy groups -OCH3 is 2. The molecule has 0 aromatic heterocycles. The number of phenolic OH excluding ortho intramolecular Hbond substituents is 1. The highest BCUT2D eigenvalue weighted by molar-refractivity contribution is 5.77. The number of aliphatic carboxylic acids is 1. The van der Waals surface area contributed by atoms with E-state index in [1.807, 2.05) is 0 Å². The first-order valence-corrected chi connectivity index (χ1v) is 4.69. The Morgan fingerprint density at radius 2 is 1.81 bits per heavy atom. The van der Waals surface area contributed by atoms with Gasteiger partial charge in [0.25, 0.3) is 0 Å². The number of aromatic hydroxyl groups is 1. The summed E-state index contributed by atoms with van der Waals surface area (Å²) < 4.78 is 9.96. The number of rotatable bonds is 4. The van der Waals surface area contributed by atoms with Crippen LogP contribution in [0.4, 0.5) is 0 Å². The predicted molar refractivity (Wildman–Crippen MR) is 57.3 cm³/mol. The molecule has 5 heteroatoms. The second kappa shape index (κ2) is 4.74. The van der Waals surface area contributed by atoms with E-state index >= 15 is 0 Å². The van der Waals surface area contributed by atoms with Gasteiger partial charge in [0.05, 0.1) is 20.1 Å². The van der Waals surface area contributed by atoms with E-state index in [0.29, 0.717) is 11.3 Å². The van der Waals surface area contributed by atoms with Gasteiger partial charge < -0.3 is 19.7 Å². The van der Waals surface area contributed by atoms with Crippen LogP contribution < -0.4 is 9.47 Å². The largest absolute Gasteiger partial charge is 0.504 e. The fourth-order valence-electron chi connectivity index (χ4n) is 1.38. The highest BCUT2D eigenvalue weighted by atomic mass is 16.5. The molecule has 16 heavy (non-hydrogen) atoms. The van der Waals surface area contributed by atoms with Crippen molar-refractivity contribution in [2.45, 2.75) is 12.8 Å². The van der Waals surface area contributed by atoms with Crippen LogP contribution in [0.1, 0.15) is 18.4 Å². The van der Waals surface area contributed by atoms with Crippen molar-refractivity contribution >= 4 is 5.97 Å². The summed E-state index contributed by atoms with van der Waals surface area (Å²) in [6, 6.07) is 2.81. The second-order valence-electron chi connectivity index (χ2n) is 3.33. The summed E-state index contributed by atoms with van der Waals surface area (Å²) in [4.78, 5) is 10.9. The summed E-state index contributed by atoms with van der Waals surface area (Å²) in [6.45, 7) is 1.52. The second-order valence-corrected chi connectivity index (χ2v) is 3.33. The van der Waals surface area contributed by atoms with Crippen LogP contribution in [0.5, 0.6) is 17.2 Å². The van der Waals surface area contributed by atoms with Crippen LogP contribution in [0.2, 0.25) is 0 Å². The Hall–Kier alpha value is -1.91. The summed E-state index contributed by atoms with van der Waals surface area (Å²) in [6.07, 6.45) is 0. The summed E-state index contributed by atoms with van der Waals surface area (Å²) in [5.74, 6) is -1.22. The van der Waals surface area contributed by atoms with Crippen LogP contribution >= 0.6 is 0 Å². The minimum absolute atomic E-state index is 0.105. The third kappa shape index (κ3) is 2.18. The molecule has 0 radical (unpaired) electrons. The van der Waals surface area contributed by atoms with Crippen molar-refractivity contribution in [1.29, 1.82) is 0 Å². The van der Waals surface area contributed by atoms with Gasteiger partial charge in [-0.05, 0) is 13.0 Å². The molecule has 5 nitrogen and oxygen atoms in total. The van der Waals surface area contributed by atoms with E-state index in [9.17, 15) is 9.90 Å². The van der Waals surface area contributed by atoms with Crippen LogP contribution in [0.3, 0.4) is 0 Å². The van der Waals surface area contributed by atoms with E-state index in [4.69, 9.17) is 14.6 Å². The van der Waals surface area contributed by atoms with E-state index < -0.39 is 11.9 Å². The summed E-state index contributed by atoms with van der Waals surface area (Å²) in [7, 11) is 2.85. The van der Waals surface area contributed by atoms with Crippen molar-refractivity contribution < 1.29 is 24.5 Å². The summed E-state index contributed by atoms with van der Waals surface area (Å²) in [5, 5.41) is 18.5. The quantitative estimate of drug-likeness (QED) is 0.815. The van der Waals surface area contributed by atoms with Crippen molar-refractivity contribution in [3.05, 3.63) is 17.7 Å². The minimum Gasteiger partial charge on any atom is -0.504 e. The minimum atomic E-state index is -0.983. The topological polar surface area (TPSA) is 76.0 Å². The molecule has 0 amide bonds. The lowest BCUT2D eigenvalue weighted by Gasteiger charge is -2.14. The lowest BCUT2D eigenvalue weighted by Crippen LogP contribution is -2.09. The van der Waals surface area contributed by atoms with E-state index in [0.717, 1.165) is 0 Å². The maximum absolute atomic E-state index is 10.9. The third-order valence-electron chi connectivity index (χ3n) is 2.37. The van der Waals surface area contributed by atoms with Crippen molar-refractivity contribution in [1.82, 2.24) is 0 Å². The molecule has 0 bridgehead atoms. The first-order chi connectivity index (χ1) is 7.51. The molecular weight excluding hydrogens is 212 g/mol. The van der Waals surface area contributed by atoms with E-state index in [1.54, 1.807) is 0 Å². The average molecular weight is 226 g/mol. The molecule has 1 rings (SSSR count). The number of hydrogen-bond acceptors (Lipinski definition) is 4. The molecular formula is C11H14O5. The number of benzene rings is 1. The molecule has 1 aromatic carbocycles. The molecule has 0 saturated carbocycles. The smallest absolute Gasteiger partial charge is 0.310 e. The van der Waals surface area contributed by atoms with Crippen molar-refractivity contribution in [3.8, 4) is 17.2 Å². The number of hydrogen-bond donors (Lipinski definition) is 2. The molecule has 1 unspecified atom stereocenters. The maximum atomic E-state index is 10.9. The summed E-state index contributed by atoms with van der Waals surface area (Å²) >= 11 is 0. The average Bonchev–Trinajstić information content (AvgIpc) is 2.27. The Balaban J connectivity index is 3.28. The molecule has 0 aliphatic carbocycles. The monoisotopic (exact) mass is 226 g/mol. The maximum Gasteiger partial charge on any atom is 0.310 e. The van der Waals surface area contributed by atoms with Gasteiger partial charge >= 0.3 is 5.97 Å². The van der Waals surface area contributed by atoms with Gasteiger partial charge in [-0.15, -0.1) is 0 Å². The van der Waals surface area contributed by atoms with Crippen LogP contribution in [0.15, 0.2) is 12.1 Å². The van der Waals surface area contributed by atoms with Gasteiger partial charge in [-0.25, -0.2) is 0 Å². The fraction of sp³-hybridized carbons (Fsp3) is 0.364. The van der Waals surface area contributed by atoms with Gasteiger partial charge in [0.1, 0.15) is 5.75 Å². The number of carboxylic acids is 1. The summed E-state index contributed by atoms with van der Waals surface area (Å²) in [5.41, 5.74) is 0.410. The predicted octanol–water partition coefficient (Wildman–Crippen LogP) is 1.60. The first kappa shape index (κ1) is 12.2. The van der Waals surface area contributed by atoms with Crippen LogP contribution in [-0.4, -0.2) is 30.4 Å². The molecule has 2 N–H and O–H groups in total. The standard InChI is InChI=1S/C11H14O5/c1-6(11(13)14)7-4-8(12)10(16-3)5-9(7)15-2/h4-6,12H,1-3H3,(H,13,14). The molecule has 1 atom stereocenters. The lowest BCUT2D eigenvalue weighted by molar-refractivity contribution is -0.138. The zero-order chi connectivity index (χ0) is 12.3. The first-order valence-electron chi connectivity index (χ1n) is 4.69. The van der Waals surface area contributed by atoms with Gasteiger partial charge in [-0.1, -0.05) is 0 Å². The normalized spacial score (nSPS) is 11.9. The Morgan fingerprint density at radius 3 is 2.25 bits per heavy atom. The Morgan fingerprint density at radius 1 is 1.25 bits per heavy atom. The van der Waals surface area contributed by atoms with Gasteiger partial charge in [0.15, 0.2) is 11.5 Å². The SMILES string of the molecule is COc1cc(OC)c(C(C)C(=O)O)cc1O. The molecule has 0 aliphatic rings. The van der Waals surface area contributed by atoms with E-state index in [1.165, 1.54) is 33.3 Å². The van der Waals surface area contributed by atoms with E-state index in [2.05, 4.69) is 0 Å². The molecule has 1 aromatic rings. The molecule has 0 saturated heterocycles. The fourth-order valence-corrected chi connectivity index (χ4v) is 1.38. The zero-order valence-electron chi connectivity index (χ0n) is 9.35. The van der Waals surface area contributed by atoms with Crippen molar-refractivity contribution in [2.75, 3.05) is 14.2 Å². The van der Waals surface area contributed by atoms with Gasteiger partial charge in [0, 0.05) is 11.6 Å². The highest BCUT2D eigenvalue weighted by Crippen LogP contribution is 2.37. The number of ether oxygens (including phenoxy) is 2. The van der Waals surface area contributed by atoms with Crippen LogP contribution in [0, 0.1) is 0 Å². The molecule has 0 spiro atoms. The number of carbonyl (C=O) groups is 1. The number of phenols is 1. The number of carboxylic acid groups (broad SMARTS) is 1. The molecule has 0 heterocycles. The highest BCUT2D eigenvalue weighted by Gasteiger charge is 2.20. The molecule has 88 valence electrons. The van der Waals surface area contributed by atoms with Gasteiger partial charge in [-0.3, -0.25) is 4.79 Å². The van der Waals surface area contributed by atoms with Gasteiger partial charge in [0.2, 0.25) is 0 Å². The molecule has 0 aliphatic heterocycles. The van der Waals surface area contributed by atoms with Crippen LogP contribution in [0.25, 0.3) is 0 Å². The Bertz CT molecular complexity index is 400. The van der Waals surface area contributed by atoms with Gasteiger partial charge in [-0.2, -0.15) is 0 Å². The molecule has 0 fully saturated rings. The third-order valence-corrected chi connectivity index (χ3v) is 2.37. The Kier molecular flexibility index (Phi) is 3.60. The van der Waals surface area contributed by atoms with Crippen LogP contribution in [-0.2, 0) is 4.79 Å². The van der Waals surface area contributed by atoms with Crippen molar-refractivity contribution in [3.63, 3.8) is 0 Å². The zero-order valence-corrected chi connectivity index (χ0v) is 9.35. The Labute approximate surface area is 93.2 Å².